The normalized spacial score (nSPS) is 12.5. The quantitative estimate of drug-likeness (QED) is 0.842. The van der Waals surface area contributed by atoms with Gasteiger partial charge < -0.3 is 0 Å². The highest BCUT2D eigenvalue weighted by Crippen LogP contribution is 2.19. The van der Waals surface area contributed by atoms with Crippen molar-refractivity contribution in [3.05, 3.63) is 36.2 Å². The van der Waals surface area contributed by atoms with Crippen molar-refractivity contribution in [2.45, 2.75) is 44.0 Å². The molecule has 0 unspecified atom stereocenters. The fourth-order valence-corrected chi connectivity index (χ4v) is 3.36. The molecule has 0 saturated carbocycles. The summed E-state index contributed by atoms with van der Waals surface area (Å²) >= 11 is 0. The van der Waals surface area contributed by atoms with Crippen LogP contribution in [0.2, 0.25) is 0 Å². The van der Waals surface area contributed by atoms with Gasteiger partial charge in [0.15, 0.2) is 15.7 Å². The molecule has 1 heterocycles. The van der Waals surface area contributed by atoms with E-state index in [4.69, 9.17) is 0 Å². The molecule has 7 heteroatoms. The van der Waals surface area contributed by atoms with Gasteiger partial charge in [0.1, 0.15) is 0 Å². The maximum absolute atomic E-state index is 12.2. The average molecular weight is 308 g/mol. The molecular formula is C14H20N4O2S. The van der Waals surface area contributed by atoms with Crippen LogP contribution in [0.15, 0.2) is 35.2 Å². The van der Waals surface area contributed by atoms with Crippen molar-refractivity contribution in [3.63, 3.8) is 0 Å². The first-order valence-corrected chi connectivity index (χ1v) is 8.50. The molecule has 1 aromatic heterocycles. The van der Waals surface area contributed by atoms with Crippen molar-refractivity contribution in [2.75, 3.05) is 5.75 Å². The lowest BCUT2D eigenvalue weighted by molar-refractivity contribution is 0.467. The van der Waals surface area contributed by atoms with E-state index in [2.05, 4.69) is 15.5 Å². The third kappa shape index (κ3) is 3.87. The summed E-state index contributed by atoms with van der Waals surface area (Å²) < 4.78 is 26.0. The molecule has 0 N–H and O–H groups in total. The van der Waals surface area contributed by atoms with Crippen LogP contribution < -0.4 is 0 Å². The molecule has 0 bridgehead atoms. The van der Waals surface area contributed by atoms with E-state index >= 15 is 0 Å². The molecule has 6 nitrogen and oxygen atoms in total. The van der Waals surface area contributed by atoms with E-state index in [1.54, 1.807) is 35.0 Å². The summed E-state index contributed by atoms with van der Waals surface area (Å²) in [5.74, 6) is 0.847. The Kier molecular flexibility index (Phi) is 4.41. The van der Waals surface area contributed by atoms with Gasteiger partial charge >= 0.3 is 0 Å². The molecule has 114 valence electrons. The van der Waals surface area contributed by atoms with Gasteiger partial charge in [-0.1, -0.05) is 39.0 Å². The van der Waals surface area contributed by atoms with E-state index < -0.39 is 9.84 Å². The molecule has 2 aromatic rings. The number of benzene rings is 1. The number of hydrogen-bond donors (Lipinski definition) is 0. The summed E-state index contributed by atoms with van der Waals surface area (Å²) in [6.07, 6.45) is 0.478. The number of rotatable bonds is 5. The summed E-state index contributed by atoms with van der Waals surface area (Å²) in [5.41, 5.74) is -0.165. The Morgan fingerprint density at radius 1 is 1.14 bits per heavy atom. The van der Waals surface area contributed by atoms with Crippen molar-refractivity contribution in [2.24, 2.45) is 0 Å². The van der Waals surface area contributed by atoms with Crippen LogP contribution in [-0.4, -0.2) is 34.4 Å². The summed E-state index contributed by atoms with van der Waals surface area (Å²) in [7, 11) is -3.24. The van der Waals surface area contributed by atoms with E-state index in [1.807, 2.05) is 20.8 Å². The number of aryl methyl sites for hydroxylation is 1. The van der Waals surface area contributed by atoms with Crippen LogP contribution in [0, 0.1) is 0 Å². The maximum Gasteiger partial charge on any atom is 0.178 e. The molecule has 0 aliphatic heterocycles. The van der Waals surface area contributed by atoms with Crippen molar-refractivity contribution >= 4 is 9.84 Å². The van der Waals surface area contributed by atoms with Crippen LogP contribution in [-0.2, 0) is 21.8 Å². The van der Waals surface area contributed by atoms with Crippen LogP contribution in [0.1, 0.15) is 33.0 Å². The SMILES string of the molecule is CC(C)(C)c1nnnn1CCCS(=O)(=O)c1ccccc1. The summed E-state index contributed by atoms with van der Waals surface area (Å²) in [6, 6.07) is 8.49. The van der Waals surface area contributed by atoms with Crippen LogP contribution in [0.25, 0.3) is 0 Å². The highest BCUT2D eigenvalue weighted by molar-refractivity contribution is 7.91. The molecule has 0 spiro atoms. The van der Waals surface area contributed by atoms with Gasteiger partial charge in [0, 0.05) is 12.0 Å². The zero-order valence-corrected chi connectivity index (χ0v) is 13.3. The topological polar surface area (TPSA) is 77.7 Å². The van der Waals surface area contributed by atoms with Crippen LogP contribution in [0.4, 0.5) is 0 Å². The lowest BCUT2D eigenvalue weighted by Crippen LogP contribution is -2.21. The molecular weight excluding hydrogens is 288 g/mol. The summed E-state index contributed by atoms with van der Waals surface area (Å²) in [5, 5.41) is 11.6. The number of nitrogens with zero attached hydrogens (tertiary/aromatic N) is 4. The molecule has 0 amide bonds. The molecule has 0 radical (unpaired) electrons. The van der Waals surface area contributed by atoms with E-state index in [9.17, 15) is 8.42 Å². The first-order chi connectivity index (χ1) is 9.81. The maximum atomic E-state index is 12.2. The van der Waals surface area contributed by atoms with E-state index in [1.165, 1.54) is 0 Å². The molecule has 0 aliphatic carbocycles. The molecule has 0 aliphatic rings. The van der Waals surface area contributed by atoms with Gasteiger partial charge in [0.2, 0.25) is 0 Å². The van der Waals surface area contributed by atoms with Gasteiger partial charge in [-0.25, -0.2) is 13.1 Å². The minimum atomic E-state index is -3.24. The van der Waals surface area contributed by atoms with Gasteiger partial charge in [-0.2, -0.15) is 0 Å². The van der Waals surface area contributed by atoms with E-state index in [0.29, 0.717) is 17.9 Å². The lowest BCUT2D eigenvalue weighted by atomic mass is 9.96. The molecule has 21 heavy (non-hydrogen) atoms. The molecule has 2 rings (SSSR count). The Balaban J connectivity index is 2.01. The number of hydrogen-bond acceptors (Lipinski definition) is 5. The number of aromatic nitrogens is 4. The molecule has 1 aromatic carbocycles. The second-order valence-electron chi connectivity index (χ2n) is 5.96. The van der Waals surface area contributed by atoms with Crippen molar-refractivity contribution in [1.82, 2.24) is 20.2 Å². The van der Waals surface area contributed by atoms with Crippen molar-refractivity contribution in [1.29, 1.82) is 0 Å². The Morgan fingerprint density at radius 3 is 2.43 bits per heavy atom. The minimum Gasteiger partial charge on any atom is -0.229 e. The van der Waals surface area contributed by atoms with E-state index in [-0.39, 0.29) is 11.2 Å². The monoisotopic (exact) mass is 308 g/mol. The minimum absolute atomic E-state index is 0.0838. The zero-order chi connectivity index (χ0) is 15.5. The predicted molar refractivity (Wildman–Crippen MR) is 79.6 cm³/mol. The molecule has 0 fully saturated rings. The Labute approximate surface area is 125 Å². The smallest absolute Gasteiger partial charge is 0.178 e. The van der Waals surface area contributed by atoms with Crippen molar-refractivity contribution < 1.29 is 8.42 Å². The van der Waals surface area contributed by atoms with Crippen LogP contribution >= 0.6 is 0 Å². The molecule has 0 saturated heterocycles. The second kappa shape index (κ2) is 5.93. The predicted octanol–water partition coefficient (Wildman–Crippen LogP) is 1.83. The average Bonchev–Trinajstić information content (AvgIpc) is 2.88. The van der Waals surface area contributed by atoms with Gasteiger partial charge in [-0.15, -0.1) is 5.10 Å². The Morgan fingerprint density at radius 2 is 1.81 bits per heavy atom. The molecule has 0 atom stereocenters. The second-order valence-corrected chi connectivity index (χ2v) is 8.07. The van der Waals surface area contributed by atoms with Gasteiger partial charge in [-0.05, 0) is 29.0 Å². The van der Waals surface area contributed by atoms with Gasteiger partial charge in [-0.3, -0.25) is 0 Å². The lowest BCUT2D eigenvalue weighted by Gasteiger charge is -2.16. The standard InChI is InChI=1S/C14H20N4O2S/c1-14(2,3)13-15-16-17-18(13)10-7-11-21(19,20)12-8-5-4-6-9-12/h4-6,8-9H,7,10-11H2,1-3H3. The first-order valence-electron chi connectivity index (χ1n) is 6.85. The fraction of sp³-hybridized carbons (Fsp3) is 0.500. The summed E-state index contributed by atoms with van der Waals surface area (Å²) in [4.78, 5) is 0.359. The van der Waals surface area contributed by atoms with Crippen molar-refractivity contribution in [3.8, 4) is 0 Å². The Hall–Kier alpha value is -1.76. The van der Waals surface area contributed by atoms with Crippen LogP contribution in [0.3, 0.4) is 0 Å². The highest BCUT2D eigenvalue weighted by Gasteiger charge is 2.22. The number of tetrazole rings is 1. The highest BCUT2D eigenvalue weighted by atomic mass is 32.2. The third-order valence-electron chi connectivity index (χ3n) is 3.09. The van der Waals surface area contributed by atoms with Gasteiger partial charge in [0.05, 0.1) is 10.6 Å². The zero-order valence-electron chi connectivity index (χ0n) is 12.5. The first kappa shape index (κ1) is 15.6. The number of sulfone groups is 1. The third-order valence-corrected chi connectivity index (χ3v) is 4.90. The Bertz CT molecular complexity index is 687. The largest absolute Gasteiger partial charge is 0.229 e. The fourth-order valence-electron chi connectivity index (χ4n) is 2.04. The summed E-state index contributed by atoms with van der Waals surface area (Å²) in [6.45, 7) is 6.56. The van der Waals surface area contributed by atoms with Gasteiger partial charge in [0.25, 0.3) is 0 Å². The van der Waals surface area contributed by atoms with E-state index in [0.717, 1.165) is 5.82 Å². The van der Waals surface area contributed by atoms with Crippen LogP contribution in [0.5, 0.6) is 0 Å².